The number of hydrogen-bond acceptors (Lipinski definition) is 3. The van der Waals surface area contributed by atoms with E-state index < -0.39 is 0 Å². The van der Waals surface area contributed by atoms with Crippen molar-refractivity contribution in [1.29, 1.82) is 0 Å². The SMILES string of the molecule is OCc1nncn1-c1ccc(I)cc1Cl. The van der Waals surface area contributed by atoms with Gasteiger partial charge in [0.05, 0.1) is 10.7 Å². The summed E-state index contributed by atoms with van der Waals surface area (Å²) in [6, 6.07) is 5.65. The highest BCUT2D eigenvalue weighted by molar-refractivity contribution is 14.1. The van der Waals surface area contributed by atoms with E-state index in [0.29, 0.717) is 10.8 Å². The van der Waals surface area contributed by atoms with E-state index in [1.165, 1.54) is 6.33 Å². The average Bonchev–Trinajstić information content (AvgIpc) is 2.65. The third-order valence-corrected chi connectivity index (χ3v) is 2.90. The zero-order valence-electron chi connectivity index (χ0n) is 7.56. The van der Waals surface area contributed by atoms with E-state index in [1.54, 1.807) is 4.57 Å². The van der Waals surface area contributed by atoms with Gasteiger partial charge in [-0.1, -0.05) is 11.6 Å². The molecule has 1 N–H and O–H groups in total. The lowest BCUT2D eigenvalue weighted by Gasteiger charge is -2.07. The quantitative estimate of drug-likeness (QED) is 0.854. The molecule has 78 valence electrons. The van der Waals surface area contributed by atoms with Crippen LogP contribution in [0.5, 0.6) is 0 Å². The molecule has 0 aliphatic rings. The van der Waals surface area contributed by atoms with Crippen molar-refractivity contribution < 1.29 is 5.11 Å². The molecule has 1 aromatic carbocycles. The van der Waals surface area contributed by atoms with E-state index in [9.17, 15) is 0 Å². The molecule has 1 heterocycles. The van der Waals surface area contributed by atoms with Gasteiger partial charge in [-0.2, -0.15) is 0 Å². The molecule has 2 aromatic rings. The second-order valence-electron chi connectivity index (χ2n) is 2.87. The molecule has 0 aliphatic carbocycles. The Morgan fingerprint density at radius 1 is 1.47 bits per heavy atom. The van der Waals surface area contributed by atoms with Gasteiger partial charge in [0, 0.05) is 3.57 Å². The van der Waals surface area contributed by atoms with E-state index in [-0.39, 0.29) is 6.61 Å². The summed E-state index contributed by atoms with van der Waals surface area (Å²) in [6.07, 6.45) is 1.53. The van der Waals surface area contributed by atoms with E-state index in [2.05, 4.69) is 32.8 Å². The molecule has 0 atom stereocenters. The average molecular weight is 336 g/mol. The lowest BCUT2D eigenvalue weighted by atomic mass is 10.3. The van der Waals surface area contributed by atoms with Crippen molar-refractivity contribution in [3.05, 3.63) is 38.9 Å². The number of halogens is 2. The number of nitrogens with zero attached hydrogens (tertiary/aromatic N) is 3. The van der Waals surface area contributed by atoms with Crippen LogP contribution in [-0.2, 0) is 6.61 Å². The molecule has 1 aromatic heterocycles. The summed E-state index contributed by atoms with van der Waals surface area (Å²) < 4.78 is 2.72. The zero-order valence-corrected chi connectivity index (χ0v) is 10.5. The molecule has 0 amide bonds. The molecule has 0 radical (unpaired) electrons. The number of aromatic nitrogens is 3. The molecule has 0 saturated carbocycles. The number of aliphatic hydroxyl groups excluding tert-OH is 1. The van der Waals surface area contributed by atoms with Gasteiger partial charge >= 0.3 is 0 Å². The minimum absolute atomic E-state index is 0.164. The summed E-state index contributed by atoms with van der Waals surface area (Å²) >= 11 is 8.27. The molecule has 15 heavy (non-hydrogen) atoms. The Labute approximate surface area is 105 Å². The van der Waals surface area contributed by atoms with Gasteiger partial charge in [-0.3, -0.25) is 4.57 Å². The summed E-state index contributed by atoms with van der Waals surface area (Å²) in [5.74, 6) is 0.470. The van der Waals surface area contributed by atoms with Gasteiger partial charge in [-0.15, -0.1) is 10.2 Å². The summed E-state index contributed by atoms with van der Waals surface area (Å²) in [5, 5.41) is 17.2. The molecular formula is C9H7ClIN3O. The van der Waals surface area contributed by atoms with Crippen molar-refractivity contribution in [1.82, 2.24) is 14.8 Å². The maximum Gasteiger partial charge on any atom is 0.163 e. The predicted octanol–water partition coefficient (Wildman–Crippen LogP) is 2.02. The molecule has 0 fully saturated rings. The molecule has 4 nitrogen and oxygen atoms in total. The van der Waals surface area contributed by atoms with Gasteiger partial charge in [0.1, 0.15) is 12.9 Å². The second-order valence-corrected chi connectivity index (χ2v) is 4.52. The third-order valence-electron chi connectivity index (χ3n) is 1.93. The maximum atomic E-state index is 9.05. The lowest BCUT2D eigenvalue weighted by Crippen LogP contribution is -2.00. The van der Waals surface area contributed by atoms with Crippen LogP contribution in [0.2, 0.25) is 5.02 Å². The van der Waals surface area contributed by atoms with Crippen LogP contribution in [-0.4, -0.2) is 19.9 Å². The molecule has 0 spiro atoms. The third kappa shape index (κ3) is 2.14. The van der Waals surface area contributed by atoms with Crippen molar-refractivity contribution in [2.24, 2.45) is 0 Å². The Hall–Kier alpha value is -0.660. The van der Waals surface area contributed by atoms with Crippen molar-refractivity contribution in [3.8, 4) is 5.69 Å². The van der Waals surface area contributed by atoms with Crippen molar-refractivity contribution in [3.63, 3.8) is 0 Å². The van der Waals surface area contributed by atoms with Crippen LogP contribution in [0.25, 0.3) is 5.69 Å². The highest BCUT2D eigenvalue weighted by Gasteiger charge is 2.08. The lowest BCUT2D eigenvalue weighted by molar-refractivity contribution is 0.269. The summed E-state index contributed by atoms with van der Waals surface area (Å²) in [5.41, 5.74) is 0.770. The minimum Gasteiger partial charge on any atom is -0.388 e. The Morgan fingerprint density at radius 3 is 2.93 bits per heavy atom. The van der Waals surface area contributed by atoms with Crippen LogP contribution in [0, 0.1) is 3.57 Å². The minimum atomic E-state index is -0.164. The molecule has 0 saturated heterocycles. The topological polar surface area (TPSA) is 50.9 Å². The monoisotopic (exact) mass is 335 g/mol. The first kappa shape index (κ1) is 10.8. The summed E-state index contributed by atoms with van der Waals surface area (Å²) in [4.78, 5) is 0. The van der Waals surface area contributed by atoms with Crippen LogP contribution in [0.4, 0.5) is 0 Å². The zero-order chi connectivity index (χ0) is 10.8. The largest absolute Gasteiger partial charge is 0.388 e. The van der Waals surface area contributed by atoms with Gasteiger partial charge in [0.15, 0.2) is 5.82 Å². The summed E-state index contributed by atoms with van der Waals surface area (Å²) in [6.45, 7) is -0.164. The Bertz CT molecular complexity index is 486. The first-order valence-corrected chi connectivity index (χ1v) is 5.63. The Morgan fingerprint density at radius 2 is 2.27 bits per heavy atom. The first-order valence-electron chi connectivity index (χ1n) is 4.17. The normalized spacial score (nSPS) is 10.6. The van der Waals surface area contributed by atoms with Gasteiger partial charge in [-0.05, 0) is 40.8 Å². The first-order chi connectivity index (χ1) is 7.22. The van der Waals surface area contributed by atoms with Gasteiger partial charge in [0.25, 0.3) is 0 Å². The fourth-order valence-electron chi connectivity index (χ4n) is 1.24. The fraction of sp³-hybridized carbons (Fsp3) is 0.111. The van der Waals surface area contributed by atoms with E-state index in [0.717, 1.165) is 9.26 Å². The highest BCUT2D eigenvalue weighted by Crippen LogP contribution is 2.23. The van der Waals surface area contributed by atoms with Crippen LogP contribution in [0.1, 0.15) is 5.82 Å². The van der Waals surface area contributed by atoms with Gasteiger partial charge in [-0.25, -0.2) is 0 Å². The van der Waals surface area contributed by atoms with Crippen molar-refractivity contribution >= 4 is 34.2 Å². The number of hydrogen-bond donors (Lipinski definition) is 1. The van der Waals surface area contributed by atoms with Gasteiger partial charge < -0.3 is 5.11 Å². The number of aliphatic hydroxyl groups is 1. The molecule has 6 heteroatoms. The smallest absolute Gasteiger partial charge is 0.163 e. The standard InChI is InChI=1S/C9H7ClIN3O/c10-7-3-6(11)1-2-8(7)14-5-12-13-9(14)4-15/h1-3,5,15H,4H2. The molecule has 0 bridgehead atoms. The van der Waals surface area contributed by atoms with Crippen LogP contribution >= 0.6 is 34.2 Å². The molecular weight excluding hydrogens is 328 g/mol. The fourth-order valence-corrected chi connectivity index (χ4v) is 2.19. The highest BCUT2D eigenvalue weighted by atomic mass is 127. The van der Waals surface area contributed by atoms with E-state index >= 15 is 0 Å². The van der Waals surface area contributed by atoms with Crippen LogP contribution in [0.3, 0.4) is 0 Å². The van der Waals surface area contributed by atoms with Crippen LogP contribution < -0.4 is 0 Å². The van der Waals surface area contributed by atoms with Crippen LogP contribution in [0.15, 0.2) is 24.5 Å². The van der Waals surface area contributed by atoms with E-state index in [4.69, 9.17) is 16.7 Å². The summed E-state index contributed by atoms with van der Waals surface area (Å²) in [7, 11) is 0. The van der Waals surface area contributed by atoms with Gasteiger partial charge in [0.2, 0.25) is 0 Å². The number of rotatable bonds is 2. The van der Waals surface area contributed by atoms with E-state index in [1.807, 2.05) is 18.2 Å². The van der Waals surface area contributed by atoms with Crippen molar-refractivity contribution in [2.75, 3.05) is 0 Å². The van der Waals surface area contributed by atoms with Crippen molar-refractivity contribution in [2.45, 2.75) is 6.61 Å². The predicted molar refractivity (Wildman–Crippen MR) is 65.0 cm³/mol. The second kappa shape index (κ2) is 4.46. The Balaban J connectivity index is 2.54. The molecule has 0 unspecified atom stereocenters. The number of benzene rings is 1. The Kier molecular flexibility index (Phi) is 3.22. The maximum absolute atomic E-state index is 9.05. The molecule has 2 rings (SSSR count). The molecule has 0 aliphatic heterocycles.